The molecule has 0 bridgehead atoms. The Morgan fingerprint density at radius 2 is 1.93 bits per heavy atom. The van der Waals surface area contributed by atoms with E-state index in [2.05, 4.69) is 21.0 Å². The number of hydrazine groups is 1. The van der Waals surface area contributed by atoms with Gasteiger partial charge in [-0.25, -0.2) is 0 Å². The molecule has 8 nitrogen and oxygen atoms in total. The van der Waals surface area contributed by atoms with Crippen molar-refractivity contribution in [3.63, 3.8) is 0 Å². The minimum atomic E-state index is -0.433. The summed E-state index contributed by atoms with van der Waals surface area (Å²) >= 11 is 0. The van der Waals surface area contributed by atoms with Crippen molar-refractivity contribution in [3.8, 4) is 0 Å². The van der Waals surface area contributed by atoms with Crippen molar-refractivity contribution < 1.29 is 9.59 Å². The summed E-state index contributed by atoms with van der Waals surface area (Å²) in [5.74, 6) is -0.791. The largest absolute Gasteiger partial charge is 0.271 e. The number of benzene rings is 1. The van der Waals surface area contributed by atoms with E-state index in [-0.39, 0.29) is 12.5 Å². The van der Waals surface area contributed by atoms with Crippen LogP contribution in [0.2, 0.25) is 0 Å². The Kier molecular flexibility index (Phi) is 6.01. The van der Waals surface area contributed by atoms with E-state index in [9.17, 15) is 9.59 Å². The van der Waals surface area contributed by atoms with E-state index in [4.69, 9.17) is 0 Å². The summed E-state index contributed by atoms with van der Waals surface area (Å²) in [6.07, 6.45) is 6.50. The molecule has 2 amide bonds. The van der Waals surface area contributed by atoms with Crippen LogP contribution in [0.25, 0.3) is 6.08 Å². The lowest BCUT2D eigenvalue weighted by Gasteiger charge is -2.06. The maximum absolute atomic E-state index is 11.9. The molecule has 1 aromatic carbocycles. The zero-order valence-corrected chi connectivity index (χ0v) is 15.8. The number of carbonyl (C=O) groups is 2. The van der Waals surface area contributed by atoms with Gasteiger partial charge >= 0.3 is 0 Å². The van der Waals surface area contributed by atoms with Gasteiger partial charge in [0.05, 0.1) is 18.4 Å². The lowest BCUT2D eigenvalue weighted by molar-refractivity contribution is -0.127. The van der Waals surface area contributed by atoms with Crippen LogP contribution in [-0.2, 0) is 22.7 Å². The van der Waals surface area contributed by atoms with Gasteiger partial charge in [0.1, 0.15) is 6.54 Å². The molecule has 3 rings (SSSR count). The molecule has 2 N–H and O–H groups in total. The Labute approximate surface area is 162 Å². The number of hydrogen-bond acceptors (Lipinski definition) is 4. The molecule has 2 aromatic heterocycles. The molecule has 0 fully saturated rings. The van der Waals surface area contributed by atoms with Crippen LogP contribution >= 0.6 is 0 Å². The van der Waals surface area contributed by atoms with Crippen LogP contribution < -0.4 is 10.9 Å². The molecule has 0 aliphatic rings. The lowest BCUT2D eigenvalue weighted by atomic mass is 10.2. The average molecular weight is 378 g/mol. The van der Waals surface area contributed by atoms with E-state index in [1.165, 1.54) is 6.08 Å². The molecule has 3 aromatic rings. The number of nitrogens with one attached hydrogen (secondary N) is 2. The third kappa shape index (κ3) is 5.41. The summed E-state index contributed by atoms with van der Waals surface area (Å²) in [4.78, 5) is 23.8. The van der Waals surface area contributed by atoms with E-state index in [0.717, 1.165) is 22.5 Å². The quantitative estimate of drug-likeness (QED) is 0.503. The molecule has 28 heavy (non-hydrogen) atoms. The first kappa shape index (κ1) is 19.1. The summed E-state index contributed by atoms with van der Waals surface area (Å²) in [6, 6.07) is 11.9. The number of carbonyl (C=O) groups excluding carboxylic acids is 2. The molecule has 0 saturated carbocycles. The Bertz CT molecular complexity index is 987. The smallest absolute Gasteiger partial charge is 0.262 e. The van der Waals surface area contributed by atoms with Crippen molar-refractivity contribution in [3.05, 3.63) is 77.4 Å². The summed E-state index contributed by atoms with van der Waals surface area (Å²) in [7, 11) is 0. The van der Waals surface area contributed by atoms with Gasteiger partial charge in [-0.05, 0) is 31.6 Å². The van der Waals surface area contributed by atoms with Crippen LogP contribution in [0.5, 0.6) is 0 Å². The molecule has 0 spiro atoms. The summed E-state index contributed by atoms with van der Waals surface area (Å²) in [5.41, 5.74) is 8.38. The van der Waals surface area contributed by atoms with Crippen molar-refractivity contribution in [1.29, 1.82) is 0 Å². The molecule has 0 aliphatic heterocycles. The number of nitrogens with zero attached hydrogens (tertiary/aromatic N) is 4. The van der Waals surface area contributed by atoms with Crippen LogP contribution in [0, 0.1) is 13.8 Å². The van der Waals surface area contributed by atoms with Gasteiger partial charge in [0.2, 0.25) is 0 Å². The van der Waals surface area contributed by atoms with Crippen molar-refractivity contribution >= 4 is 17.9 Å². The number of aryl methyl sites for hydroxylation is 2. The highest BCUT2D eigenvalue weighted by atomic mass is 16.2. The number of rotatable bonds is 6. The fourth-order valence-corrected chi connectivity index (χ4v) is 2.68. The van der Waals surface area contributed by atoms with E-state index in [1.807, 2.05) is 56.4 Å². The fraction of sp³-hybridized carbons (Fsp3) is 0.200. The normalized spacial score (nSPS) is 10.9. The Balaban J connectivity index is 1.46. The van der Waals surface area contributed by atoms with E-state index < -0.39 is 5.91 Å². The molecule has 0 saturated heterocycles. The van der Waals surface area contributed by atoms with Crippen LogP contribution in [0.4, 0.5) is 0 Å². The van der Waals surface area contributed by atoms with E-state index >= 15 is 0 Å². The van der Waals surface area contributed by atoms with Crippen molar-refractivity contribution in [1.82, 2.24) is 30.4 Å². The highest BCUT2D eigenvalue weighted by molar-refractivity contribution is 5.92. The van der Waals surface area contributed by atoms with Crippen LogP contribution in [0.1, 0.15) is 22.5 Å². The Hall–Kier alpha value is -3.68. The zero-order chi connectivity index (χ0) is 19.9. The minimum absolute atomic E-state index is 0.0376. The van der Waals surface area contributed by atoms with Crippen LogP contribution in [0.15, 0.2) is 54.9 Å². The maximum Gasteiger partial charge on any atom is 0.262 e. The van der Waals surface area contributed by atoms with Gasteiger partial charge in [-0.1, -0.05) is 30.3 Å². The molecule has 0 aliphatic carbocycles. The first-order valence-electron chi connectivity index (χ1n) is 8.84. The Morgan fingerprint density at radius 1 is 1.14 bits per heavy atom. The maximum atomic E-state index is 11.9. The third-order valence-corrected chi connectivity index (χ3v) is 3.99. The number of amides is 2. The van der Waals surface area contributed by atoms with Gasteiger partial charge in [0, 0.05) is 23.5 Å². The highest BCUT2D eigenvalue weighted by Crippen LogP contribution is 2.05. The predicted octanol–water partition coefficient (Wildman–Crippen LogP) is 1.61. The zero-order valence-electron chi connectivity index (χ0n) is 15.8. The average Bonchev–Trinajstić information content (AvgIpc) is 3.24. The highest BCUT2D eigenvalue weighted by Gasteiger charge is 2.07. The van der Waals surface area contributed by atoms with Gasteiger partial charge in [-0.15, -0.1) is 0 Å². The molecule has 144 valence electrons. The minimum Gasteiger partial charge on any atom is -0.271 e. The van der Waals surface area contributed by atoms with Crippen molar-refractivity contribution in [2.24, 2.45) is 0 Å². The Morgan fingerprint density at radius 3 is 2.64 bits per heavy atom. The molecule has 0 unspecified atom stereocenters. The van der Waals surface area contributed by atoms with Gasteiger partial charge in [-0.3, -0.25) is 29.8 Å². The first-order chi connectivity index (χ1) is 13.5. The first-order valence-corrected chi connectivity index (χ1v) is 8.84. The van der Waals surface area contributed by atoms with E-state index in [1.54, 1.807) is 21.6 Å². The van der Waals surface area contributed by atoms with Crippen LogP contribution in [-0.4, -0.2) is 31.4 Å². The van der Waals surface area contributed by atoms with Crippen LogP contribution in [0.3, 0.4) is 0 Å². The summed E-state index contributed by atoms with van der Waals surface area (Å²) in [6.45, 7) is 4.42. The van der Waals surface area contributed by atoms with E-state index in [0.29, 0.717) is 6.54 Å². The fourth-order valence-electron chi connectivity index (χ4n) is 2.68. The SMILES string of the molecule is Cc1cc(C)n(CC(=O)NNC(=O)/C=C/c2cnn(Cc3ccccc3)c2)n1. The molecule has 0 atom stereocenters. The van der Waals surface area contributed by atoms with Crippen molar-refractivity contribution in [2.75, 3.05) is 0 Å². The molecule has 2 heterocycles. The van der Waals surface area contributed by atoms with Gasteiger partial charge in [0.15, 0.2) is 0 Å². The van der Waals surface area contributed by atoms with Gasteiger partial charge < -0.3 is 0 Å². The summed E-state index contributed by atoms with van der Waals surface area (Å²) in [5, 5.41) is 8.48. The third-order valence-electron chi connectivity index (χ3n) is 3.99. The second kappa shape index (κ2) is 8.81. The number of aromatic nitrogens is 4. The van der Waals surface area contributed by atoms with Gasteiger partial charge in [0.25, 0.3) is 11.8 Å². The number of hydrogen-bond donors (Lipinski definition) is 2. The van der Waals surface area contributed by atoms with Gasteiger partial charge in [-0.2, -0.15) is 10.2 Å². The molecular weight excluding hydrogens is 356 g/mol. The molecular formula is C20H22N6O2. The topological polar surface area (TPSA) is 93.8 Å². The lowest BCUT2D eigenvalue weighted by Crippen LogP contribution is -2.42. The second-order valence-corrected chi connectivity index (χ2v) is 6.41. The standard InChI is InChI=1S/C20H22N6O2/c1-15-10-16(2)26(24-15)14-20(28)23-22-19(27)9-8-18-11-21-25(13-18)12-17-6-4-3-5-7-17/h3-11,13H,12,14H2,1-2H3,(H,22,27)(H,23,28)/b9-8+. The molecule has 0 radical (unpaired) electrons. The predicted molar refractivity (Wildman–Crippen MR) is 105 cm³/mol. The molecule has 8 heteroatoms. The second-order valence-electron chi connectivity index (χ2n) is 6.41. The summed E-state index contributed by atoms with van der Waals surface area (Å²) < 4.78 is 3.37. The monoisotopic (exact) mass is 378 g/mol. The van der Waals surface area contributed by atoms with Crippen molar-refractivity contribution in [2.45, 2.75) is 26.9 Å².